The number of ether oxygens (including phenoxy) is 1. The molecule has 146 valence electrons. The van der Waals surface area contributed by atoms with Crippen molar-refractivity contribution in [2.24, 2.45) is 11.7 Å². The molecular formula is C21H15ClN2O4S. The summed E-state index contributed by atoms with van der Waals surface area (Å²) in [5.41, 5.74) is 8.36. The van der Waals surface area contributed by atoms with E-state index in [0.717, 1.165) is 22.2 Å². The number of para-hydroxylation sites is 1. The van der Waals surface area contributed by atoms with Crippen molar-refractivity contribution in [3.63, 3.8) is 0 Å². The van der Waals surface area contributed by atoms with Crippen LogP contribution in [0.25, 0.3) is 0 Å². The lowest BCUT2D eigenvalue weighted by atomic mass is 9.77. The summed E-state index contributed by atoms with van der Waals surface area (Å²) in [5, 5.41) is -0.0217. The van der Waals surface area contributed by atoms with E-state index in [2.05, 4.69) is 0 Å². The van der Waals surface area contributed by atoms with E-state index < -0.39 is 23.1 Å². The fourth-order valence-corrected chi connectivity index (χ4v) is 5.59. The maximum Gasteiger partial charge on any atom is 0.342 e. The smallest absolute Gasteiger partial charge is 0.342 e. The molecule has 5 rings (SSSR count). The molecule has 0 radical (unpaired) electrons. The van der Waals surface area contributed by atoms with Crippen LogP contribution < -0.4 is 15.4 Å². The molecule has 2 N–H and O–H groups in total. The number of nitrogens with two attached hydrogens (primary N) is 1. The number of carbonyl (C=O) groups is 3. The second-order valence-corrected chi connectivity index (χ2v) is 8.78. The number of anilines is 1. The lowest BCUT2D eigenvalue weighted by molar-refractivity contribution is -0.131. The summed E-state index contributed by atoms with van der Waals surface area (Å²) in [7, 11) is 0. The summed E-state index contributed by atoms with van der Waals surface area (Å²) in [6.07, 6.45) is 0. The zero-order valence-electron chi connectivity index (χ0n) is 15.2. The monoisotopic (exact) mass is 426 g/mol. The Hall–Kier alpha value is -2.77. The molecule has 1 saturated heterocycles. The predicted octanol–water partition coefficient (Wildman–Crippen LogP) is 3.13. The van der Waals surface area contributed by atoms with E-state index in [1.165, 1.54) is 0 Å². The SMILES string of the molecule is Cc1ccc(N2C(=O)[C@H]3[C@@H]4C(=C(N)S[C@H]3C2=O)C(=O)Oc2ccccc24)cc1Cl. The van der Waals surface area contributed by atoms with Crippen LogP contribution in [0.4, 0.5) is 5.69 Å². The Morgan fingerprint density at radius 2 is 1.86 bits per heavy atom. The van der Waals surface area contributed by atoms with E-state index in [0.29, 0.717) is 22.0 Å². The molecule has 0 saturated carbocycles. The van der Waals surface area contributed by atoms with Gasteiger partial charge in [0.25, 0.3) is 0 Å². The zero-order chi connectivity index (χ0) is 20.4. The van der Waals surface area contributed by atoms with Gasteiger partial charge in [-0.05, 0) is 30.7 Å². The number of fused-ring (bicyclic) bond motifs is 5. The highest BCUT2D eigenvalue weighted by Crippen LogP contribution is 2.54. The molecule has 0 aliphatic carbocycles. The first-order valence-electron chi connectivity index (χ1n) is 9.00. The van der Waals surface area contributed by atoms with Crippen molar-refractivity contribution in [2.75, 3.05) is 4.90 Å². The number of carbonyl (C=O) groups excluding carboxylic acids is 3. The second-order valence-electron chi connectivity index (χ2n) is 7.19. The number of esters is 1. The van der Waals surface area contributed by atoms with Crippen molar-refractivity contribution >= 4 is 46.8 Å². The van der Waals surface area contributed by atoms with E-state index >= 15 is 0 Å². The zero-order valence-corrected chi connectivity index (χ0v) is 16.8. The van der Waals surface area contributed by atoms with Gasteiger partial charge in [-0.3, -0.25) is 9.59 Å². The number of thioether (sulfide) groups is 1. The Balaban J connectivity index is 1.65. The van der Waals surface area contributed by atoms with Crippen molar-refractivity contribution in [1.29, 1.82) is 0 Å². The Kier molecular flexibility index (Phi) is 4.01. The highest BCUT2D eigenvalue weighted by Gasteiger charge is 2.58. The molecule has 3 heterocycles. The van der Waals surface area contributed by atoms with Gasteiger partial charge < -0.3 is 10.5 Å². The Labute approximate surface area is 175 Å². The Bertz CT molecular complexity index is 1150. The van der Waals surface area contributed by atoms with Gasteiger partial charge in [-0.25, -0.2) is 9.69 Å². The van der Waals surface area contributed by atoms with E-state index in [1.54, 1.807) is 42.5 Å². The van der Waals surface area contributed by atoms with Gasteiger partial charge in [-0.1, -0.05) is 47.6 Å². The topological polar surface area (TPSA) is 89.7 Å². The average Bonchev–Trinajstić information content (AvgIpc) is 2.94. The molecule has 8 heteroatoms. The van der Waals surface area contributed by atoms with Crippen molar-refractivity contribution in [3.05, 3.63) is 69.2 Å². The van der Waals surface area contributed by atoms with Gasteiger partial charge in [-0.2, -0.15) is 0 Å². The summed E-state index contributed by atoms with van der Waals surface area (Å²) < 4.78 is 5.41. The number of amides is 2. The number of benzene rings is 2. The molecular weight excluding hydrogens is 412 g/mol. The maximum atomic E-state index is 13.5. The molecule has 0 aromatic heterocycles. The number of hydrogen-bond donors (Lipinski definition) is 1. The number of rotatable bonds is 1. The third kappa shape index (κ3) is 2.54. The minimum absolute atomic E-state index is 0.223. The van der Waals surface area contributed by atoms with Crippen molar-refractivity contribution in [2.45, 2.75) is 18.1 Å². The molecule has 3 aliphatic rings. The van der Waals surface area contributed by atoms with Crippen LogP contribution in [0.2, 0.25) is 5.02 Å². The van der Waals surface area contributed by atoms with Gasteiger partial charge in [0.05, 0.1) is 22.2 Å². The molecule has 1 fully saturated rings. The van der Waals surface area contributed by atoms with Crippen LogP contribution in [0.15, 0.2) is 53.1 Å². The molecule has 0 bridgehead atoms. The molecule has 6 nitrogen and oxygen atoms in total. The first kappa shape index (κ1) is 18.3. The van der Waals surface area contributed by atoms with E-state index in [-0.39, 0.29) is 22.4 Å². The fourth-order valence-electron chi connectivity index (χ4n) is 4.18. The second kappa shape index (κ2) is 6.37. The summed E-state index contributed by atoms with van der Waals surface area (Å²) >= 11 is 7.27. The van der Waals surface area contributed by atoms with Crippen LogP contribution >= 0.6 is 23.4 Å². The Morgan fingerprint density at radius 3 is 2.62 bits per heavy atom. The molecule has 3 atom stereocenters. The average molecular weight is 427 g/mol. The van der Waals surface area contributed by atoms with Crippen LogP contribution in [-0.2, 0) is 14.4 Å². The molecule has 29 heavy (non-hydrogen) atoms. The van der Waals surface area contributed by atoms with Crippen molar-refractivity contribution in [1.82, 2.24) is 0 Å². The largest absolute Gasteiger partial charge is 0.423 e. The molecule has 2 aromatic rings. The minimum Gasteiger partial charge on any atom is -0.423 e. The van der Waals surface area contributed by atoms with Crippen LogP contribution in [0, 0.1) is 12.8 Å². The van der Waals surface area contributed by atoms with Gasteiger partial charge in [-0.15, -0.1) is 0 Å². The van der Waals surface area contributed by atoms with Gasteiger partial charge in [0, 0.05) is 16.5 Å². The number of nitrogens with zero attached hydrogens (tertiary/aromatic N) is 1. The standard InChI is InChI=1S/C21H15ClN2O4S/c1-9-6-7-10(8-12(9)22)24-19(25)15-14-11-4-2-3-5-13(11)28-21(27)16(14)18(23)29-17(15)20(24)26/h2-8,14-15,17H,23H2,1H3/t14-,15+,17-/m1/s1. The maximum absolute atomic E-state index is 13.5. The summed E-state index contributed by atoms with van der Waals surface area (Å²) in [4.78, 5) is 40.4. The normalized spacial score (nSPS) is 25.5. The molecule has 2 aromatic carbocycles. The predicted molar refractivity (Wildman–Crippen MR) is 110 cm³/mol. The van der Waals surface area contributed by atoms with Crippen LogP contribution in [0.3, 0.4) is 0 Å². The van der Waals surface area contributed by atoms with Gasteiger partial charge >= 0.3 is 5.97 Å². The number of aryl methyl sites for hydroxylation is 1. The van der Waals surface area contributed by atoms with Gasteiger partial charge in [0.15, 0.2) is 0 Å². The fraction of sp³-hybridized carbons (Fsp3) is 0.190. The lowest BCUT2D eigenvalue weighted by Gasteiger charge is -2.36. The quantitative estimate of drug-likeness (QED) is 0.428. The number of halogens is 1. The first-order valence-corrected chi connectivity index (χ1v) is 10.3. The van der Waals surface area contributed by atoms with Crippen LogP contribution in [0.5, 0.6) is 5.75 Å². The lowest BCUT2D eigenvalue weighted by Crippen LogP contribution is -2.39. The molecule has 2 amide bonds. The number of hydrogen-bond acceptors (Lipinski definition) is 6. The highest BCUT2D eigenvalue weighted by atomic mass is 35.5. The van der Waals surface area contributed by atoms with Crippen LogP contribution in [-0.4, -0.2) is 23.0 Å². The van der Waals surface area contributed by atoms with Gasteiger partial charge in [0.1, 0.15) is 11.0 Å². The van der Waals surface area contributed by atoms with Crippen molar-refractivity contribution in [3.8, 4) is 5.75 Å². The molecule has 0 spiro atoms. The molecule has 3 aliphatic heterocycles. The van der Waals surface area contributed by atoms with Crippen molar-refractivity contribution < 1.29 is 19.1 Å². The third-order valence-corrected chi connectivity index (χ3v) is 7.21. The minimum atomic E-state index is -0.746. The summed E-state index contributed by atoms with van der Waals surface area (Å²) in [6.45, 7) is 1.84. The van der Waals surface area contributed by atoms with E-state index in [4.69, 9.17) is 22.1 Å². The third-order valence-electron chi connectivity index (χ3n) is 5.58. The summed E-state index contributed by atoms with van der Waals surface area (Å²) in [5.74, 6) is -2.28. The number of imide groups is 1. The van der Waals surface area contributed by atoms with Crippen LogP contribution in [0.1, 0.15) is 17.0 Å². The van der Waals surface area contributed by atoms with Gasteiger partial charge in [0.2, 0.25) is 11.8 Å². The van der Waals surface area contributed by atoms with E-state index in [1.807, 2.05) is 6.92 Å². The summed E-state index contributed by atoms with van der Waals surface area (Å²) in [6, 6.07) is 12.1. The Morgan fingerprint density at radius 1 is 1.10 bits per heavy atom. The first-order chi connectivity index (χ1) is 13.9. The van der Waals surface area contributed by atoms with E-state index in [9.17, 15) is 14.4 Å². The molecule has 0 unspecified atom stereocenters. The highest BCUT2D eigenvalue weighted by molar-refractivity contribution is 8.04.